The zero-order valence-corrected chi connectivity index (χ0v) is 16.1. The molecule has 4 rings (SSSR count). The van der Waals surface area contributed by atoms with E-state index in [4.69, 9.17) is 0 Å². The number of aromatic nitrogens is 2. The Morgan fingerprint density at radius 3 is 2.67 bits per heavy atom. The van der Waals surface area contributed by atoms with E-state index in [1.807, 2.05) is 4.90 Å². The molecule has 0 radical (unpaired) electrons. The lowest BCUT2D eigenvalue weighted by Gasteiger charge is -2.37. The number of β-amino-alcohol motifs (C(OH)–C–C–N with tert-alkyl or cyclic N) is 1. The van der Waals surface area contributed by atoms with E-state index < -0.39 is 34.2 Å². The molecule has 0 amide bonds. The zero-order chi connectivity index (χ0) is 21.6. The second kappa shape index (κ2) is 7.17. The number of carboxylic acid groups (broad SMARTS) is 1. The number of hydrogen-bond donors (Lipinski definition) is 2. The average molecular weight is 415 g/mol. The topological polar surface area (TPSA) is 95.7 Å². The van der Waals surface area contributed by atoms with Crippen molar-refractivity contribution in [2.75, 3.05) is 18.0 Å². The van der Waals surface area contributed by atoms with Crippen LogP contribution in [0, 0.1) is 11.6 Å². The van der Waals surface area contributed by atoms with Crippen LogP contribution < -0.4 is 10.3 Å². The Balaban J connectivity index is 1.97. The van der Waals surface area contributed by atoms with Gasteiger partial charge >= 0.3 is 5.97 Å². The fraction of sp³-hybridized carbons (Fsp3) is 0.286. The number of pyridine rings is 2. The number of fused-ring (bicyclic) bond motifs is 1. The largest absolute Gasteiger partial charge is 0.477 e. The first-order valence-electron chi connectivity index (χ1n) is 9.39. The average Bonchev–Trinajstić information content (AvgIpc) is 2.67. The van der Waals surface area contributed by atoms with Gasteiger partial charge in [-0.05, 0) is 44.0 Å². The predicted octanol–water partition coefficient (Wildman–Crippen LogP) is 2.71. The van der Waals surface area contributed by atoms with Crippen molar-refractivity contribution < 1.29 is 23.8 Å². The Morgan fingerprint density at radius 2 is 2.00 bits per heavy atom. The first-order valence-corrected chi connectivity index (χ1v) is 9.39. The third-order valence-electron chi connectivity index (χ3n) is 5.23. The first-order chi connectivity index (χ1) is 14.2. The molecule has 2 aromatic heterocycles. The van der Waals surface area contributed by atoms with Gasteiger partial charge in [0.1, 0.15) is 23.0 Å². The normalized spacial score (nSPS) is 19.3. The van der Waals surface area contributed by atoms with E-state index >= 15 is 0 Å². The lowest BCUT2D eigenvalue weighted by molar-refractivity contribution is 0.0447. The van der Waals surface area contributed by atoms with Gasteiger partial charge in [-0.1, -0.05) is 0 Å². The molecule has 1 aliphatic heterocycles. The summed E-state index contributed by atoms with van der Waals surface area (Å²) < 4.78 is 29.0. The highest BCUT2D eigenvalue weighted by molar-refractivity contribution is 5.92. The highest BCUT2D eigenvalue weighted by Gasteiger charge is 2.29. The number of hydrogen-bond acceptors (Lipinski definition) is 5. The zero-order valence-electron chi connectivity index (χ0n) is 16.1. The van der Waals surface area contributed by atoms with Gasteiger partial charge in [-0.2, -0.15) is 0 Å². The number of benzene rings is 1. The molecule has 1 fully saturated rings. The maximum atomic E-state index is 14.5. The maximum absolute atomic E-state index is 14.5. The molecule has 0 bridgehead atoms. The van der Waals surface area contributed by atoms with Crippen molar-refractivity contribution in [1.82, 2.24) is 9.55 Å². The number of nitrogens with zero attached hydrogens (tertiary/aromatic N) is 3. The second-order valence-corrected chi connectivity index (χ2v) is 7.71. The Hall–Kier alpha value is -3.33. The van der Waals surface area contributed by atoms with E-state index in [2.05, 4.69) is 4.98 Å². The summed E-state index contributed by atoms with van der Waals surface area (Å²) in [6.45, 7) is 2.69. The van der Waals surface area contributed by atoms with Gasteiger partial charge in [-0.15, -0.1) is 0 Å². The molecule has 1 atom stereocenters. The number of halogens is 2. The van der Waals surface area contributed by atoms with Crippen molar-refractivity contribution in [1.29, 1.82) is 0 Å². The van der Waals surface area contributed by atoms with Crippen molar-refractivity contribution in [2.45, 2.75) is 25.4 Å². The van der Waals surface area contributed by atoms with Gasteiger partial charge in [0.05, 0.1) is 16.7 Å². The number of aromatic carboxylic acids is 1. The van der Waals surface area contributed by atoms with E-state index in [9.17, 15) is 28.6 Å². The van der Waals surface area contributed by atoms with E-state index in [0.29, 0.717) is 31.4 Å². The molecule has 1 aromatic carbocycles. The SMILES string of the molecule is CC1(O)CCCN(c2ccc3c(=O)c(C(=O)O)cn(-c4ccc(F)cc4F)c3n2)C1. The van der Waals surface area contributed by atoms with Gasteiger partial charge in [0, 0.05) is 25.4 Å². The van der Waals surface area contributed by atoms with Crippen molar-refractivity contribution >= 4 is 22.8 Å². The van der Waals surface area contributed by atoms with Crippen LogP contribution in [0.25, 0.3) is 16.7 Å². The van der Waals surface area contributed by atoms with Crippen molar-refractivity contribution in [3.05, 3.63) is 63.9 Å². The molecular formula is C21H19F2N3O4. The molecule has 3 aromatic rings. The van der Waals surface area contributed by atoms with Crippen LogP contribution >= 0.6 is 0 Å². The molecule has 3 heterocycles. The number of carbonyl (C=O) groups is 1. The minimum atomic E-state index is -1.46. The summed E-state index contributed by atoms with van der Waals surface area (Å²) >= 11 is 0. The molecule has 0 aliphatic carbocycles. The number of carboxylic acids is 1. The summed E-state index contributed by atoms with van der Waals surface area (Å²) in [5.41, 5.74) is -2.30. The lowest BCUT2D eigenvalue weighted by Crippen LogP contribution is -2.46. The molecule has 156 valence electrons. The molecule has 1 aliphatic rings. The molecule has 30 heavy (non-hydrogen) atoms. The summed E-state index contributed by atoms with van der Waals surface area (Å²) in [5.74, 6) is -2.72. The molecule has 7 nitrogen and oxygen atoms in total. The lowest BCUT2D eigenvalue weighted by atomic mass is 9.95. The summed E-state index contributed by atoms with van der Waals surface area (Å²) in [6.07, 6.45) is 2.38. The van der Waals surface area contributed by atoms with Crippen LogP contribution in [0.5, 0.6) is 0 Å². The van der Waals surface area contributed by atoms with E-state index in [1.165, 1.54) is 6.07 Å². The number of aliphatic hydroxyl groups is 1. The Bertz CT molecular complexity index is 1220. The van der Waals surface area contributed by atoms with Crippen LogP contribution in [0.4, 0.5) is 14.6 Å². The smallest absolute Gasteiger partial charge is 0.341 e. The number of anilines is 1. The summed E-state index contributed by atoms with van der Waals surface area (Å²) in [5, 5.41) is 19.8. The Kier molecular flexibility index (Phi) is 4.77. The van der Waals surface area contributed by atoms with E-state index in [1.54, 1.807) is 13.0 Å². The van der Waals surface area contributed by atoms with E-state index in [0.717, 1.165) is 29.3 Å². The Morgan fingerprint density at radius 1 is 1.23 bits per heavy atom. The molecule has 0 spiro atoms. The summed E-state index contributed by atoms with van der Waals surface area (Å²) in [6, 6.07) is 5.87. The predicted molar refractivity (Wildman–Crippen MR) is 106 cm³/mol. The van der Waals surface area contributed by atoms with Crippen LogP contribution in [0.1, 0.15) is 30.1 Å². The van der Waals surface area contributed by atoms with Crippen LogP contribution in [0.3, 0.4) is 0 Å². The van der Waals surface area contributed by atoms with Gasteiger partial charge in [0.25, 0.3) is 0 Å². The van der Waals surface area contributed by atoms with Gasteiger partial charge < -0.3 is 15.1 Å². The van der Waals surface area contributed by atoms with Crippen molar-refractivity contribution in [3.63, 3.8) is 0 Å². The standard InChI is InChI=1S/C21H19F2N3O4/c1-21(30)7-2-8-25(11-21)17-6-4-13-18(27)14(20(28)29)10-26(19(13)24-17)16-5-3-12(22)9-15(16)23/h3-6,9-10,30H,2,7-8,11H2,1H3,(H,28,29). The molecule has 1 saturated heterocycles. The Labute approximate surface area is 169 Å². The molecule has 2 N–H and O–H groups in total. The van der Waals surface area contributed by atoms with E-state index in [-0.39, 0.29) is 16.7 Å². The molecule has 0 saturated carbocycles. The maximum Gasteiger partial charge on any atom is 0.341 e. The van der Waals surface area contributed by atoms with Crippen LogP contribution in [0.2, 0.25) is 0 Å². The van der Waals surface area contributed by atoms with Crippen molar-refractivity contribution in [3.8, 4) is 5.69 Å². The van der Waals surface area contributed by atoms with Gasteiger partial charge in [0.2, 0.25) is 5.43 Å². The monoisotopic (exact) mass is 415 g/mol. The van der Waals surface area contributed by atoms with Crippen LogP contribution in [-0.4, -0.2) is 44.4 Å². The number of rotatable bonds is 3. The third kappa shape index (κ3) is 3.52. The fourth-order valence-electron chi connectivity index (χ4n) is 3.80. The highest BCUT2D eigenvalue weighted by Crippen LogP contribution is 2.27. The second-order valence-electron chi connectivity index (χ2n) is 7.71. The fourth-order valence-corrected chi connectivity index (χ4v) is 3.80. The van der Waals surface area contributed by atoms with Gasteiger partial charge in [0.15, 0.2) is 5.65 Å². The van der Waals surface area contributed by atoms with Crippen LogP contribution in [-0.2, 0) is 0 Å². The summed E-state index contributed by atoms with van der Waals surface area (Å²) in [4.78, 5) is 30.5. The van der Waals surface area contributed by atoms with Crippen LogP contribution in [0.15, 0.2) is 41.3 Å². The number of piperidine rings is 1. The van der Waals surface area contributed by atoms with Gasteiger partial charge in [-0.25, -0.2) is 18.6 Å². The van der Waals surface area contributed by atoms with Crippen molar-refractivity contribution in [2.24, 2.45) is 0 Å². The highest BCUT2D eigenvalue weighted by atomic mass is 19.1. The first kappa shape index (κ1) is 20.0. The molecule has 9 heteroatoms. The minimum absolute atomic E-state index is 0.00820. The van der Waals surface area contributed by atoms with Gasteiger partial charge in [-0.3, -0.25) is 9.36 Å². The molecule has 1 unspecified atom stereocenters. The molecular weight excluding hydrogens is 396 g/mol. The third-order valence-corrected chi connectivity index (χ3v) is 5.23. The summed E-state index contributed by atoms with van der Waals surface area (Å²) in [7, 11) is 0. The minimum Gasteiger partial charge on any atom is -0.477 e. The quantitative estimate of drug-likeness (QED) is 0.683.